The average molecular weight is 247 g/mol. The van der Waals surface area contributed by atoms with Gasteiger partial charge >= 0.3 is 0 Å². The first kappa shape index (κ1) is 12.9. The van der Waals surface area contributed by atoms with E-state index in [0.29, 0.717) is 6.04 Å². The lowest BCUT2D eigenvalue weighted by Crippen LogP contribution is -2.35. The molecule has 4 N–H and O–H groups in total. The first-order chi connectivity index (χ1) is 8.56. The summed E-state index contributed by atoms with van der Waals surface area (Å²) in [6.07, 6.45) is 2.45. The Balaban J connectivity index is 1.98. The highest BCUT2D eigenvalue weighted by Crippen LogP contribution is 2.29. The van der Waals surface area contributed by atoms with Crippen molar-refractivity contribution < 1.29 is 4.79 Å². The monoisotopic (exact) mass is 247 g/mol. The Morgan fingerprint density at radius 1 is 1.39 bits per heavy atom. The maximum atomic E-state index is 11.2. The molecule has 0 bridgehead atoms. The van der Waals surface area contributed by atoms with Crippen LogP contribution in [0.3, 0.4) is 0 Å². The number of nitrogens with two attached hydrogens (primary N) is 2. The second kappa shape index (κ2) is 5.40. The smallest absolute Gasteiger partial charge is 0.221 e. The van der Waals surface area contributed by atoms with Crippen molar-refractivity contribution in [3.63, 3.8) is 0 Å². The van der Waals surface area contributed by atoms with E-state index in [9.17, 15) is 4.79 Å². The van der Waals surface area contributed by atoms with Gasteiger partial charge in [-0.15, -0.1) is 0 Å². The maximum absolute atomic E-state index is 11.2. The van der Waals surface area contributed by atoms with Gasteiger partial charge in [0.25, 0.3) is 0 Å². The van der Waals surface area contributed by atoms with E-state index in [1.807, 2.05) is 31.2 Å². The Morgan fingerprint density at radius 2 is 2.00 bits per heavy atom. The highest BCUT2D eigenvalue weighted by molar-refractivity contribution is 5.76. The minimum absolute atomic E-state index is 0.0978. The third-order valence-corrected chi connectivity index (χ3v) is 3.42. The normalized spacial score (nSPS) is 16.8. The molecule has 1 saturated carbocycles. The first-order valence-electron chi connectivity index (χ1n) is 6.44. The largest absolute Gasteiger partial charge is 0.399 e. The van der Waals surface area contributed by atoms with Crippen molar-refractivity contribution in [2.24, 2.45) is 11.7 Å². The number of primary amides is 1. The number of amides is 1. The predicted molar refractivity (Wildman–Crippen MR) is 72.6 cm³/mol. The van der Waals surface area contributed by atoms with Gasteiger partial charge in [-0.3, -0.25) is 9.69 Å². The molecule has 2 rings (SSSR count). The van der Waals surface area contributed by atoms with Crippen molar-refractivity contribution in [1.82, 2.24) is 4.90 Å². The fraction of sp³-hybridized carbons (Fsp3) is 0.500. The van der Waals surface area contributed by atoms with Crippen LogP contribution in [0.25, 0.3) is 0 Å². The molecule has 1 amide bonds. The number of carbonyl (C=O) groups is 1. The molecule has 18 heavy (non-hydrogen) atoms. The molecule has 0 aromatic heterocycles. The van der Waals surface area contributed by atoms with Gasteiger partial charge in [0.15, 0.2) is 0 Å². The van der Waals surface area contributed by atoms with E-state index in [2.05, 4.69) is 4.90 Å². The molecule has 0 saturated heterocycles. The zero-order valence-electron chi connectivity index (χ0n) is 10.8. The third-order valence-electron chi connectivity index (χ3n) is 3.42. The summed E-state index contributed by atoms with van der Waals surface area (Å²) < 4.78 is 0. The van der Waals surface area contributed by atoms with Gasteiger partial charge in [-0.1, -0.05) is 19.1 Å². The van der Waals surface area contributed by atoms with E-state index in [-0.39, 0.29) is 11.8 Å². The Morgan fingerprint density at radius 3 is 2.50 bits per heavy atom. The van der Waals surface area contributed by atoms with Crippen molar-refractivity contribution >= 4 is 11.6 Å². The predicted octanol–water partition coefficient (Wildman–Crippen LogP) is 1.35. The van der Waals surface area contributed by atoms with Crippen molar-refractivity contribution in [1.29, 1.82) is 0 Å². The minimum Gasteiger partial charge on any atom is -0.399 e. The molecule has 1 aromatic carbocycles. The fourth-order valence-corrected chi connectivity index (χ4v) is 2.08. The summed E-state index contributed by atoms with van der Waals surface area (Å²) in [5.41, 5.74) is 13.0. The quantitative estimate of drug-likeness (QED) is 0.745. The van der Waals surface area contributed by atoms with Crippen LogP contribution in [0.15, 0.2) is 24.3 Å². The van der Waals surface area contributed by atoms with Crippen LogP contribution in [0, 0.1) is 5.92 Å². The number of anilines is 1. The van der Waals surface area contributed by atoms with Gasteiger partial charge in [0.05, 0.1) is 0 Å². The summed E-state index contributed by atoms with van der Waals surface area (Å²) in [4.78, 5) is 13.5. The van der Waals surface area contributed by atoms with Crippen molar-refractivity contribution in [3.8, 4) is 0 Å². The Kier molecular flexibility index (Phi) is 3.87. The highest BCUT2D eigenvalue weighted by Gasteiger charge is 2.30. The zero-order valence-corrected chi connectivity index (χ0v) is 10.8. The minimum atomic E-state index is -0.224. The lowest BCUT2D eigenvalue weighted by atomic mass is 10.1. The molecule has 4 heteroatoms. The van der Waals surface area contributed by atoms with Gasteiger partial charge < -0.3 is 11.5 Å². The summed E-state index contributed by atoms with van der Waals surface area (Å²) >= 11 is 0. The number of rotatable bonds is 6. The van der Waals surface area contributed by atoms with Gasteiger partial charge in [-0.2, -0.15) is 0 Å². The number of carbonyl (C=O) groups excluding carboxylic acids is 1. The average Bonchev–Trinajstić information content (AvgIpc) is 3.14. The second-order valence-corrected chi connectivity index (χ2v) is 5.21. The second-order valence-electron chi connectivity index (χ2n) is 5.21. The molecule has 1 aliphatic rings. The Hall–Kier alpha value is -1.55. The lowest BCUT2D eigenvalue weighted by molar-refractivity contribution is -0.121. The molecule has 1 fully saturated rings. The van der Waals surface area contributed by atoms with Crippen LogP contribution in [0.2, 0.25) is 0 Å². The SMILES string of the molecule is CC(CN(Cc1ccc(N)cc1)C1CC1)C(N)=O. The van der Waals surface area contributed by atoms with Crippen molar-refractivity contribution in [3.05, 3.63) is 29.8 Å². The van der Waals surface area contributed by atoms with E-state index >= 15 is 0 Å². The third kappa shape index (κ3) is 3.47. The summed E-state index contributed by atoms with van der Waals surface area (Å²) in [5.74, 6) is -0.322. The number of nitrogens with zero attached hydrogens (tertiary/aromatic N) is 1. The van der Waals surface area contributed by atoms with Crippen molar-refractivity contribution in [2.45, 2.75) is 32.4 Å². The van der Waals surface area contributed by atoms with Gasteiger partial charge in [0.2, 0.25) is 5.91 Å². The summed E-state index contributed by atoms with van der Waals surface area (Å²) in [6.45, 7) is 3.49. The van der Waals surface area contributed by atoms with E-state index in [1.54, 1.807) is 0 Å². The van der Waals surface area contributed by atoms with Gasteiger partial charge in [-0.05, 0) is 30.5 Å². The van der Waals surface area contributed by atoms with Crippen LogP contribution in [0.1, 0.15) is 25.3 Å². The standard InChI is InChI=1S/C14H21N3O/c1-10(14(16)18)8-17(13-6-7-13)9-11-2-4-12(15)5-3-11/h2-5,10,13H,6-9,15H2,1H3,(H2,16,18). The molecule has 0 radical (unpaired) electrons. The van der Waals surface area contributed by atoms with Crippen LogP contribution in [-0.4, -0.2) is 23.4 Å². The molecule has 98 valence electrons. The fourth-order valence-electron chi connectivity index (χ4n) is 2.08. The first-order valence-corrected chi connectivity index (χ1v) is 6.44. The van der Waals surface area contributed by atoms with Gasteiger partial charge in [0, 0.05) is 30.7 Å². The van der Waals surface area contributed by atoms with E-state index in [1.165, 1.54) is 18.4 Å². The molecule has 0 spiro atoms. The lowest BCUT2D eigenvalue weighted by Gasteiger charge is -2.24. The molecule has 1 aliphatic carbocycles. The molecule has 1 atom stereocenters. The Bertz CT molecular complexity index is 412. The van der Waals surface area contributed by atoms with Crippen LogP contribution < -0.4 is 11.5 Å². The van der Waals surface area contributed by atoms with Gasteiger partial charge in [-0.25, -0.2) is 0 Å². The van der Waals surface area contributed by atoms with E-state index in [0.717, 1.165) is 18.8 Å². The maximum Gasteiger partial charge on any atom is 0.221 e. The van der Waals surface area contributed by atoms with Crippen LogP contribution in [-0.2, 0) is 11.3 Å². The molecule has 4 nitrogen and oxygen atoms in total. The van der Waals surface area contributed by atoms with E-state index in [4.69, 9.17) is 11.5 Å². The molecule has 0 aliphatic heterocycles. The topological polar surface area (TPSA) is 72.3 Å². The summed E-state index contributed by atoms with van der Waals surface area (Å²) in [7, 11) is 0. The van der Waals surface area contributed by atoms with Crippen LogP contribution in [0.5, 0.6) is 0 Å². The van der Waals surface area contributed by atoms with E-state index < -0.39 is 0 Å². The van der Waals surface area contributed by atoms with Crippen molar-refractivity contribution in [2.75, 3.05) is 12.3 Å². The number of nitrogen functional groups attached to an aromatic ring is 1. The van der Waals surface area contributed by atoms with Crippen LogP contribution in [0.4, 0.5) is 5.69 Å². The Labute approximate surface area is 108 Å². The number of hydrogen-bond donors (Lipinski definition) is 2. The summed E-state index contributed by atoms with van der Waals surface area (Å²) in [6, 6.07) is 8.53. The van der Waals surface area contributed by atoms with Gasteiger partial charge in [0.1, 0.15) is 0 Å². The molecule has 1 unspecified atom stereocenters. The zero-order chi connectivity index (χ0) is 13.1. The number of hydrogen-bond acceptors (Lipinski definition) is 3. The molecule has 0 heterocycles. The molecular formula is C14H21N3O. The highest BCUT2D eigenvalue weighted by atomic mass is 16.1. The summed E-state index contributed by atoms with van der Waals surface area (Å²) in [5, 5.41) is 0. The number of benzene rings is 1. The van der Waals surface area contributed by atoms with Crippen LogP contribution >= 0.6 is 0 Å². The molecular weight excluding hydrogens is 226 g/mol. The molecule has 1 aromatic rings.